The Morgan fingerprint density at radius 1 is 1.22 bits per heavy atom. The first-order valence-corrected chi connectivity index (χ1v) is 7.34. The Morgan fingerprint density at radius 3 is 2.52 bits per heavy atom. The third-order valence-corrected chi connectivity index (χ3v) is 3.95. The number of hydrogen-bond acceptors (Lipinski definition) is 5. The first-order chi connectivity index (χ1) is 11.0. The van der Waals surface area contributed by atoms with E-state index in [9.17, 15) is 15.4 Å². The highest BCUT2D eigenvalue weighted by molar-refractivity contribution is 9.10. The van der Waals surface area contributed by atoms with Gasteiger partial charge in [-0.05, 0) is 35.9 Å². The molecule has 112 valence electrons. The number of hydrogen-bond donors (Lipinski definition) is 1. The summed E-state index contributed by atoms with van der Waals surface area (Å²) in [5, 5.41) is 21.0. The first kappa shape index (κ1) is 14.9. The van der Waals surface area contributed by atoms with Crippen LogP contribution < -0.4 is 5.73 Å². The number of halogens is 1. The zero-order chi connectivity index (χ0) is 16.6. The van der Waals surface area contributed by atoms with E-state index in [4.69, 9.17) is 5.73 Å². The van der Waals surface area contributed by atoms with Crippen molar-refractivity contribution < 1.29 is 4.92 Å². The summed E-state index contributed by atoms with van der Waals surface area (Å²) in [6.07, 6.45) is 0. The van der Waals surface area contributed by atoms with Gasteiger partial charge in [-0.2, -0.15) is 5.26 Å². The molecule has 0 aliphatic rings. The molecule has 7 heteroatoms. The molecule has 0 spiro atoms. The van der Waals surface area contributed by atoms with Crippen LogP contribution in [0.15, 0.2) is 46.9 Å². The highest BCUT2D eigenvalue weighted by Gasteiger charge is 2.16. The quantitative estimate of drug-likeness (QED) is 0.542. The summed E-state index contributed by atoms with van der Waals surface area (Å²) < 4.78 is 0.837. The van der Waals surface area contributed by atoms with E-state index >= 15 is 0 Å². The first-order valence-electron chi connectivity index (χ1n) is 6.55. The van der Waals surface area contributed by atoms with Crippen LogP contribution in [-0.2, 0) is 0 Å². The molecule has 6 nitrogen and oxygen atoms in total. The standard InChI is InChI=1S/C16H9BrN4O2/c17-10-3-6-14-12(7-10)15(13(8-18)16(19)20-14)9-1-4-11(5-2-9)21(22)23/h1-7H,(H2,19,20). The van der Waals surface area contributed by atoms with E-state index in [1.54, 1.807) is 18.2 Å². The van der Waals surface area contributed by atoms with Gasteiger partial charge in [-0.15, -0.1) is 0 Å². The average Bonchev–Trinajstić information content (AvgIpc) is 2.54. The maximum absolute atomic E-state index is 10.8. The highest BCUT2D eigenvalue weighted by atomic mass is 79.9. The second-order valence-corrected chi connectivity index (χ2v) is 5.74. The molecular weight excluding hydrogens is 360 g/mol. The van der Waals surface area contributed by atoms with Crippen LogP contribution >= 0.6 is 15.9 Å². The molecule has 0 unspecified atom stereocenters. The second kappa shape index (κ2) is 5.66. The van der Waals surface area contributed by atoms with Crippen LogP contribution in [0.3, 0.4) is 0 Å². The molecule has 0 saturated carbocycles. The van der Waals surface area contributed by atoms with Gasteiger partial charge in [-0.3, -0.25) is 10.1 Å². The second-order valence-electron chi connectivity index (χ2n) is 4.82. The summed E-state index contributed by atoms with van der Waals surface area (Å²) in [7, 11) is 0. The van der Waals surface area contributed by atoms with Crippen LogP contribution in [0.2, 0.25) is 0 Å². The summed E-state index contributed by atoms with van der Waals surface area (Å²) in [6, 6.07) is 13.6. The van der Waals surface area contributed by atoms with Crippen molar-refractivity contribution in [3.8, 4) is 17.2 Å². The monoisotopic (exact) mass is 368 g/mol. The van der Waals surface area contributed by atoms with Crippen LogP contribution in [0.5, 0.6) is 0 Å². The molecule has 0 radical (unpaired) electrons. The van der Waals surface area contributed by atoms with Gasteiger partial charge in [0.25, 0.3) is 5.69 Å². The number of nitrogens with zero attached hydrogens (tertiary/aromatic N) is 3. The summed E-state index contributed by atoms with van der Waals surface area (Å²) in [6.45, 7) is 0. The Morgan fingerprint density at radius 2 is 1.91 bits per heavy atom. The number of non-ortho nitro benzene ring substituents is 1. The van der Waals surface area contributed by atoms with Crippen molar-refractivity contribution in [3.05, 3.63) is 62.6 Å². The van der Waals surface area contributed by atoms with Gasteiger partial charge in [0.2, 0.25) is 0 Å². The normalized spacial score (nSPS) is 10.4. The average molecular weight is 369 g/mol. The van der Waals surface area contributed by atoms with Gasteiger partial charge in [0, 0.05) is 27.6 Å². The zero-order valence-corrected chi connectivity index (χ0v) is 13.2. The predicted octanol–water partition coefficient (Wildman–Crippen LogP) is 4.03. The summed E-state index contributed by atoms with van der Waals surface area (Å²) in [4.78, 5) is 14.6. The fourth-order valence-electron chi connectivity index (χ4n) is 2.42. The lowest BCUT2D eigenvalue weighted by Crippen LogP contribution is -1.99. The lowest BCUT2D eigenvalue weighted by Gasteiger charge is -2.11. The molecule has 0 aliphatic carbocycles. The Balaban J connectivity index is 2.36. The number of nitrogen functional groups attached to an aromatic ring is 1. The molecule has 0 atom stereocenters. The smallest absolute Gasteiger partial charge is 0.269 e. The Bertz CT molecular complexity index is 978. The molecule has 0 bridgehead atoms. The Labute approximate surface area is 139 Å². The SMILES string of the molecule is N#Cc1c(N)nc2ccc(Br)cc2c1-c1ccc([N+](=O)[O-])cc1. The van der Waals surface area contributed by atoms with Gasteiger partial charge in [0.05, 0.1) is 10.4 Å². The van der Waals surface area contributed by atoms with E-state index in [-0.39, 0.29) is 17.1 Å². The lowest BCUT2D eigenvalue weighted by atomic mass is 9.96. The van der Waals surface area contributed by atoms with Gasteiger partial charge in [0.15, 0.2) is 0 Å². The molecule has 1 aromatic heterocycles. The molecule has 2 N–H and O–H groups in total. The fourth-order valence-corrected chi connectivity index (χ4v) is 2.78. The largest absolute Gasteiger partial charge is 0.383 e. The number of nitro benzene ring substituents is 1. The number of rotatable bonds is 2. The van der Waals surface area contributed by atoms with Gasteiger partial charge in [0.1, 0.15) is 17.5 Å². The van der Waals surface area contributed by atoms with E-state index < -0.39 is 4.92 Å². The third-order valence-electron chi connectivity index (χ3n) is 3.45. The number of pyridine rings is 1. The van der Waals surface area contributed by atoms with Crippen molar-refractivity contribution in [2.75, 3.05) is 5.73 Å². The van der Waals surface area contributed by atoms with Crippen molar-refractivity contribution >= 4 is 38.3 Å². The zero-order valence-electron chi connectivity index (χ0n) is 11.7. The van der Waals surface area contributed by atoms with Gasteiger partial charge in [-0.1, -0.05) is 15.9 Å². The minimum Gasteiger partial charge on any atom is -0.383 e. The maximum atomic E-state index is 10.8. The van der Waals surface area contributed by atoms with Crippen molar-refractivity contribution in [2.24, 2.45) is 0 Å². The van der Waals surface area contributed by atoms with Gasteiger partial charge in [-0.25, -0.2) is 4.98 Å². The molecule has 0 amide bonds. The molecule has 3 aromatic rings. The van der Waals surface area contributed by atoms with Crippen LogP contribution in [0.25, 0.3) is 22.0 Å². The van der Waals surface area contributed by atoms with Crippen LogP contribution in [0.4, 0.5) is 11.5 Å². The molecular formula is C16H9BrN4O2. The van der Waals surface area contributed by atoms with E-state index in [2.05, 4.69) is 27.0 Å². The molecule has 1 heterocycles. The lowest BCUT2D eigenvalue weighted by molar-refractivity contribution is -0.384. The van der Waals surface area contributed by atoms with E-state index in [1.165, 1.54) is 12.1 Å². The fraction of sp³-hybridized carbons (Fsp3) is 0. The van der Waals surface area contributed by atoms with Crippen molar-refractivity contribution in [2.45, 2.75) is 0 Å². The number of anilines is 1. The van der Waals surface area contributed by atoms with Crippen molar-refractivity contribution in [1.82, 2.24) is 4.98 Å². The summed E-state index contributed by atoms with van der Waals surface area (Å²) in [5.74, 6) is 0.135. The molecule has 2 aromatic carbocycles. The molecule has 0 aliphatic heterocycles. The topological polar surface area (TPSA) is 106 Å². The summed E-state index contributed by atoms with van der Waals surface area (Å²) in [5.41, 5.74) is 8.08. The van der Waals surface area contributed by atoms with Gasteiger partial charge < -0.3 is 5.73 Å². The maximum Gasteiger partial charge on any atom is 0.269 e. The minimum atomic E-state index is -0.468. The van der Waals surface area contributed by atoms with Gasteiger partial charge >= 0.3 is 0 Å². The number of aromatic nitrogens is 1. The van der Waals surface area contributed by atoms with Crippen LogP contribution in [0, 0.1) is 21.4 Å². The number of benzene rings is 2. The van der Waals surface area contributed by atoms with Crippen molar-refractivity contribution in [3.63, 3.8) is 0 Å². The summed E-state index contributed by atoms with van der Waals surface area (Å²) >= 11 is 3.40. The molecule has 0 saturated heterocycles. The van der Waals surface area contributed by atoms with E-state index in [1.807, 2.05) is 12.1 Å². The number of nitrogens with two attached hydrogens (primary N) is 1. The molecule has 0 fully saturated rings. The van der Waals surface area contributed by atoms with E-state index in [0.29, 0.717) is 16.6 Å². The van der Waals surface area contributed by atoms with Crippen molar-refractivity contribution in [1.29, 1.82) is 5.26 Å². The number of fused-ring (bicyclic) bond motifs is 1. The predicted molar refractivity (Wildman–Crippen MR) is 90.7 cm³/mol. The highest BCUT2D eigenvalue weighted by Crippen LogP contribution is 2.35. The number of nitro groups is 1. The molecule has 23 heavy (non-hydrogen) atoms. The Hall–Kier alpha value is -2.98. The van der Waals surface area contributed by atoms with Crippen LogP contribution in [0.1, 0.15) is 5.56 Å². The Kier molecular flexibility index (Phi) is 3.68. The van der Waals surface area contributed by atoms with Crippen LogP contribution in [-0.4, -0.2) is 9.91 Å². The van der Waals surface area contributed by atoms with E-state index in [0.717, 1.165) is 9.86 Å². The number of nitriles is 1. The third kappa shape index (κ3) is 2.60. The minimum absolute atomic E-state index is 0.0141. The molecule has 3 rings (SSSR count).